The molecular formula is C34H46N6O3Si. The molecule has 10 heteroatoms. The van der Waals surface area contributed by atoms with Gasteiger partial charge < -0.3 is 19.3 Å². The summed E-state index contributed by atoms with van der Waals surface area (Å²) in [6.45, 7) is 17.2. The molecule has 2 aromatic carbocycles. The van der Waals surface area contributed by atoms with Crippen molar-refractivity contribution in [2.24, 2.45) is 0 Å². The molecule has 1 aliphatic rings. The van der Waals surface area contributed by atoms with Gasteiger partial charge in [-0.25, -0.2) is 9.78 Å². The van der Waals surface area contributed by atoms with E-state index in [9.17, 15) is 4.79 Å². The van der Waals surface area contributed by atoms with Crippen molar-refractivity contribution in [3.63, 3.8) is 0 Å². The highest BCUT2D eigenvalue weighted by atomic mass is 28.3. The number of carbonyl (C=O) groups is 1. The smallest absolute Gasteiger partial charge is 0.410 e. The van der Waals surface area contributed by atoms with Gasteiger partial charge in [-0.05, 0) is 51.3 Å². The van der Waals surface area contributed by atoms with Gasteiger partial charge >= 0.3 is 6.09 Å². The Bertz CT molecular complexity index is 1560. The Labute approximate surface area is 262 Å². The Balaban J connectivity index is 1.37. The summed E-state index contributed by atoms with van der Waals surface area (Å²) in [5, 5.41) is 8.74. The van der Waals surface area contributed by atoms with Gasteiger partial charge in [0.15, 0.2) is 0 Å². The number of amides is 1. The van der Waals surface area contributed by atoms with Crippen molar-refractivity contribution in [1.29, 1.82) is 0 Å². The van der Waals surface area contributed by atoms with Crippen LogP contribution < -0.4 is 4.90 Å². The summed E-state index contributed by atoms with van der Waals surface area (Å²) in [5.74, 6) is 0.793. The fourth-order valence-electron chi connectivity index (χ4n) is 5.83. The fourth-order valence-corrected chi connectivity index (χ4v) is 7.64. The number of anilines is 1. The second kappa shape index (κ2) is 13.1. The first-order valence-electron chi connectivity index (χ1n) is 15.6. The minimum absolute atomic E-state index is 0.0700. The molecule has 1 fully saturated rings. The molecule has 1 unspecified atom stereocenters. The topological polar surface area (TPSA) is 96.5 Å². The van der Waals surface area contributed by atoms with Crippen LogP contribution >= 0.6 is 0 Å². The van der Waals surface area contributed by atoms with Crippen LogP contribution in [0.15, 0.2) is 60.9 Å². The van der Waals surface area contributed by atoms with Crippen molar-refractivity contribution in [2.75, 3.05) is 24.5 Å². The number of ether oxygens (including phenoxy) is 2. The summed E-state index contributed by atoms with van der Waals surface area (Å²) in [4.78, 5) is 26.9. The largest absolute Gasteiger partial charge is 0.444 e. The highest BCUT2D eigenvalue weighted by Crippen LogP contribution is 2.28. The summed E-state index contributed by atoms with van der Waals surface area (Å²) in [7, 11) is -1.43. The number of nitrogens with one attached hydrogen (secondary N) is 1. The fraction of sp³-hybridized carbons (Fsp3) is 0.471. The molecule has 9 nitrogen and oxygen atoms in total. The zero-order chi connectivity index (χ0) is 31.5. The monoisotopic (exact) mass is 614 g/mol. The van der Waals surface area contributed by atoms with E-state index in [2.05, 4.69) is 64.8 Å². The van der Waals surface area contributed by atoms with Crippen LogP contribution in [-0.2, 0) is 22.5 Å². The molecular weight excluding hydrogens is 568 g/mol. The van der Waals surface area contributed by atoms with E-state index in [1.165, 1.54) is 5.56 Å². The van der Waals surface area contributed by atoms with E-state index in [1.54, 1.807) is 6.20 Å². The van der Waals surface area contributed by atoms with Crippen LogP contribution in [0.1, 0.15) is 45.4 Å². The van der Waals surface area contributed by atoms with Crippen molar-refractivity contribution in [3.8, 4) is 11.3 Å². The molecule has 4 aromatic rings. The third-order valence-electron chi connectivity index (χ3n) is 8.07. The number of aromatic amines is 1. The molecule has 0 aliphatic carbocycles. The number of hydrogen-bond acceptors (Lipinski definition) is 7. The second-order valence-corrected chi connectivity index (χ2v) is 19.1. The lowest BCUT2D eigenvalue weighted by Crippen LogP contribution is -2.57. The Hall–Kier alpha value is -3.76. The van der Waals surface area contributed by atoms with Crippen LogP contribution in [0, 0.1) is 0 Å². The van der Waals surface area contributed by atoms with E-state index >= 15 is 0 Å². The number of carbonyl (C=O) groups excluding carboxylic acids is 1. The Morgan fingerprint density at radius 1 is 1.09 bits per heavy atom. The third kappa shape index (κ3) is 7.65. The zero-order valence-electron chi connectivity index (χ0n) is 27.1. The highest BCUT2D eigenvalue weighted by Gasteiger charge is 2.34. The lowest BCUT2D eigenvalue weighted by molar-refractivity contribution is 0.0140. The van der Waals surface area contributed by atoms with Crippen molar-refractivity contribution in [3.05, 3.63) is 72.2 Å². The van der Waals surface area contributed by atoms with E-state index < -0.39 is 13.7 Å². The van der Waals surface area contributed by atoms with Crippen molar-refractivity contribution in [2.45, 2.75) is 84.2 Å². The predicted molar refractivity (Wildman–Crippen MR) is 178 cm³/mol. The first-order chi connectivity index (χ1) is 20.9. The van der Waals surface area contributed by atoms with Gasteiger partial charge in [-0.15, -0.1) is 0 Å². The minimum atomic E-state index is -1.43. The number of piperazine rings is 1. The van der Waals surface area contributed by atoms with Gasteiger partial charge in [0.1, 0.15) is 11.4 Å². The molecule has 1 N–H and O–H groups in total. The standard InChI is InChI=1S/C34H46N6O3Si/c1-8-32(44(5,6)7)42-23-30-27-19-25(14-15-28(27)37-38-30)29-20-35-21-31(36-29)39-16-17-40(33(41)43-34(2,3)4)26(22-39)18-24-12-10-9-11-13-24/h9-15,19-21,26,32H,8,16-18,22-23H2,1-7H3,(H,37,38)/t26-,32?/m0/s1. The molecule has 2 atom stereocenters. The summed E-state index contributed by atoms with van der Waals surface area (Å²) < 4.78 is 12.2. The van der Waals surface area contributed by atoms with E-state index in [-0.39, 0.29) is 17.9 Å². The number of nitrogens with zero attached hydrogens (tertiary/aromatic N) is 5. The molecule has 1 amide bonds. The summed E-state index contributed by atoms with van der Waals surface area (Å²) >= 11 is 0. The average Bonchev–Trinajstić information content (AvgIpc) is 3.38. The van der Waals surface area contributed by atoms with Crippen LogP contribution in [0.5, 0.6) is 0 Å². The van der Waals surface area contributed by atoms with Crippen molar-refractivity contribution >= 4 is 30.9 Å². The van der Waals surface area contributed by atoms with Gasteiger partial charge in [-0.3, -0.25) is 10.1 Å². The molecule has 1 aliphatic heterocycles. The number of fused-ring (bicyclic) bond motifs is 1. The van der Waals surface area contributed by atoms with Crippen LogP contribution in [0.2, 0.25) is 19.6 Å². The molecule has 0 radical (unpaired) electrons. The maximum Gasteiger partial charge on any atom is 0.410 e. The van der Waals surface area contributed by atoms with Crippen LogP contribution in [0.25, 0.3) is 22.2 Å². The van der Waals surface area contributed by atoms with E-state index in [0.29, 0.717) is 26.2 Å². The van der Waals surface area contributed by atoms with Gasteiger partial charge in [-0.1, -0.05) is 63.0 Å². The van der Waals surface area contributed by atoms with Gasteiger partial charge in [0, 0.05) is 36.3 Å². The molecule has 0 spiro atoms. The number of rotatable bonds is 9. The third-order valence-corrected chi connectivity index (χ3v) is 10.6. The first kappa shape index (κ1) is 31.7. The molecule has 5 rings (SSSR count). The van der Waals surface area contributed by atoms with E-state index in [4.69, 9.17) is 14.5 Å². The predicted octanol–water partition coefficient (Wildman–Crippen LogP) is 6.86. The number of hydrogen-bond donors (Lipinski definition) is 1. The van der Waals surface area contributed by atoms with E-state index in [1.807, 2.05) is 62.2 Å². The van der Waals surface area contributed by atoms with Gasteiger partial charge in [0.25, 0.3) is 0 Å². The molecule has 2 aromatic heterocycles. The second-order valence-electron chi connectivity index (χ2n) is 13.7. The SMILES string of the molecule is CCC(OCc1[nH]nc2ccc(-c3cncc(N4CCN(C(=O)OC(C)(C)C)[C@@H](Cc5ccccc5)C4)n3)cc12)[Si](C)(C)C. The van der Waals surface area contributed by atoms with Crippen LogP contribution in [0.4, 0.5) is 10.6 Å². The summed E-state index contributed by atoms with van der Waals surface area (Å²) in [5.41, 5.74) is 4.55. The van der Waals surface area contributed by atoms with Crippen molar-refractivity contribution in [1.82, 2.24) is 25.1 Å². The van der Waals surface area contributed by atoms with Crippen molar-refractivity contribution < 1.29 is 14.3 Å². The van der Waals surface area contributed by atoms with Gasteiger partial charge in [-0.2, -0.15) is 5.10 Å². The Kier molecular flexibility index (Phi) is 9.41. The number of benzene rings is 2. The highest BCUT2D eigenvalue weighted by molar-refractivity contribution is 6.77. The Morgan fingerprint density at radius 2 is 1.86 bits per heavy atom. The average molecular weight is 615 g/mol. The van der Waals surface area contributed by atoms with Crippen LogP contribution in [0.3, 0.4) is 0 Å². The molecule has 3 heterocycles. The van der Waals surface area contributed by atoms with E-state index in [0.717, 1.165) is 46.5 Å². The maximum absolute atomic E-state index is 13.2. The minimum Gasteiger partial charge on any atom is -0.444 e. The van der Waals surface area contributed by atoms with Crippen LogP contribution in [-0.4, -0.2) is 76.2 Å². The molecule has 1 saturated heterocycles. The first-order valence-corrected chi connectivity index (χ1v) is 19.2. The number of aromatic nitrogens is 4. The molecule has 234 valence electrons. The van der Waals surface area contributed by atoms with Gasteiger partial charge in [0.2, 0.25) is 0 Å². The summed E-state index contributed by atoms with van der Waals surface area (Å²) in [6.07, 6.45) is 5.07. The lowest BCUT2D eigenvalue weighted by Gasteiger charge is -2.42. The summed E-state index contributed by atoms with van der Waals surface area (Å²) in [6, 6.07) is 16.4. The Morgan fingerprint density at radius 3 is 2.57 bits per heavy atom. The molecule has 44 heavy (non-hydrogen) atoms. The maximum atomic E-state index is 13.2. The molecule has 0 saturated carbocycles. The lowest BCUT2D eigenvalue weighted by atomic mass is 10.0. The number of H-pyrrole nitrogens is 1. The quantitative estimate of drug-likeness (QED) is 0.206. The normalized spacial score (nSPS) is 16.8. The molecule has 0 bridgehead atoms. The zero-order valence-corrected chi connectivity index (χ0v) is 28.1. The van der Waals surface area contributed by atoms with Gasteiger partial charge in [0.05, 0.1) is 50.0 Å².